The van der Waals surface area contributed by atoms with Gasteiger partial charge in [-0.25, -0.2) is 4.98 Å². The Balaban J connectivity index is 2.64. The third kappa shape index (κ3) is 3.00. The van der Waals surface area contributed by atoms with Crippen molar-refractivity contribution in [1.82, 2.24) is 10.3 Å². The SMILES string of the molecule is CCc1ccnc(N(C)CCNC)c1. The second-order valence-corrected chi connectivity index (χ2v) is 3.40. The first-order valence-corrected chi connectivity index (χ1v) is 5.08. The number of hydrogen-bond donors (Lipinski definition) is 1. The molecule has 14 heavy (non-hydrogen) atoms. The van der Waals surface area contributed by atoms with Gasteiger partial charge in [0, 0.05) is 26.3 Å². The van der Waals surface area contributed by atoms with Crippen LogP contribution in [0, 0.1) is 0 Å². The number of nitrogens with zero attached hydrogens (tertiary/aromatic N) is 2. The lowest BCUT2D eigenvalue weighted by Crippen LogP contribution is -2.27. The number of aromatic nitrogens is 1. The van der Waals surface area contributed by atoms with Gasteiger partial charge in [0.15, 0.2) is 0 Å². The lowest BCUT2D eigenvalue weighted by Gasteiger charge is -2.18. The Morgan fingerprint density at radius 1 is 1.50 bits per heavy atom. The fraction of sp³-hybridized carbons (Fsp3) is 0.545. The van der Waals surface area contributed by atoms with Gasteiger partial charge in [-0.3, -0.25) is 0 Å². The number of likely N-dealkylation sites (N-methyl/N-ethyl adjacent to an activating group) is 2. The molecule has 1 N–H and O–H groups in total. The van der Waals surface area contributed by atoms with Crippen molar-refractivity contribution >= 4 is 5.82 Å². The van der Waals surface area contributed by atoms with Gasteiger partial charge < -0.3 is 10.2 Å². The second kappa shape index (κ2) is 5.60. The summed E-state index contributed by atoms with van der Waals surface area (Å²) in [7, 11) is 4.03. The Hall–Kier alpha value is -1.09. The first-order chi connectivity index (χ1) is 6.77. The molecule has 0 saturated carbocycles. The maximum absolute atomic E-state index is 4.34. The molecule has 0 amide bonds. The minimum atomic E-state index is 0.981. The smallest absolute Gasteiger partial charge is 0.128 e. The highest BCUT2D eigenvalue weighted by atomic mass is 15.2. The van der Waals surface area contributed by atoms with Crippen molar-refractivity contribution in [2.24, 2.45) is 0 Å². The summed E-state index contributed by atoms with van der Waals surface area (Å²) in [6.45, 7) is 4.12. The largest absolute Gasteiger partial charge is 0.358 e. The Labute approximate surface area is 86.2 Å². The number of anilines is 1. The molecule has 3 nitrogen and oxygen atoms in total. The number of aryl methyl sites for hydroxylation is 1. The zero-order valence-electron chi connectivity index (χ0n) is 9.25. The minimum absolute atomic E-state index is 0.981. The molecular formula is C11H19N3. The van der Waals surface area contributed by atoms with E-state index in [0.717, 1.165) is 25.3 Å². The number of rotatable bonds is 5. The molecule has 0 fully saturated rings. The minimum Gasteiger partial charge on any atom is -0.358 e. The monoisotopic (exact) mass is 193 g/mol. The Morgan fingerprint density at radius 3 is 2.93 bits per heavy atom. The lowest BCUT2D eigenvalue weighted by molar-refractivity contribution is 0.761. The quantitative estimate of drug-likeness (QED) is 0.764. The van der Waals surface area contributed by atoms with Gasteiger partial charge in [0.2, 0.25) is 0 Å². The van der Waals surface area contributed by atoms with Crippen LogP contribution in [-0.4, -0.2) is 32.2 Å². The number of pyridine rings is 1. The van der Waals surface area contributed by atoms with Crippen LogP contribution >= 0.6 is 0 Å². The topological polar surface area (TPSA) is 28.2 Å². The van der Waals surface area contributed by atoms with Gasteiger partial charge in [-0.1, -0.05) is 6.92 Å². The molecule has 0 aliphatic rings. The molecule has 1 heterocycles. The van der Waals surface area contributed by atoms with Crippen molar-refractivity contribution in [3.05, 3.63) is 23.9 Å². The average molecular weight is 193 g/mol. The highest BCUT2D eigenvalue weighted by Crippen LogP contribution is 2.10. The molecule has 1 aromatic rings. The van der Waals surface area contributed by atoms with Crippen LogP contribution in [0.15, 0.2) is 18.3 Å². The predicted molar refractivity (Wildman–Crippen MR) is 60.8 cm³/mol. The zero-order valence-corrected chi connectivity index (χ0v) is 9.25. The van der Waals surface area contributed by atoms with E-state index in [9.17, 15) is 0 Å². The molecule has 0 atom stereocenters. The van der Waals surface area contributed by atoms with E-state index in [0.29, 0.717) is 0 Å². The van der Waals surface area contributed by atoms with Gasteiger partial charge in [-0.15, -0.1) is 0 Å². The van der Waals surface area contributed by atoms with Gasteiger partial charge in [-0.2, -0.15) is 0 Å². The van der Waals surface area contributed by atoms with Crippen LogP contribution < -0.4 is 10.2 Å². The maximum atomic E-state index is 4.34. The third-order valence-corrected chi connectivity index (χ3v) is 2.31. The average Bonchev–Trinajstić information content (AvgIpc) is 2.26. The van der Waals surface area contributed by atoms with E-state index >= 15 is 0 Å². The van der Waals surface area contributed by atoms with Crippen molar-refractivity contribution in [3.63, 3.8) is 0 Å². The molecular weight excluding hydrogens is 174 g/mol. The van der Waals surface area contributed by atoms with E-state index in [4.69, 9.17) is 0 Å². The lowest BCUT2D eigenvalue weighted by atomic mass is 10.2. The third-order valence-electron chi connectivity index (χ3n) is 2.31. The normalized spacial score (nSPS) is 10.2. The van der Waals surface area contributed by atoms with Crippen molar-refractivity contribution < 1.29 is 0 Å². The van der Waals surface area contributed by atoms with Crippen LogP contribution in [0.3, 0.4) is 0 Å². The van der Waals surface area contributed by atoms with Crippen molar-refractivity contribution in [2.45, 2.75) is 13.3 Å². The first kappa shape index (κ1) is 11.0. The molecule has 0 aliphatic heterocycles. The van der Waals surface area contributed by atoms with E-state index in [2.05, 4.69) is 41.3 Å². The molecule has 0 saturated heterocycles. The summed E-state index contributed by atoms with van der Waals surface area (Å²) >= 11 is 0. The molecule has 3 heteroatoms. The van der Waals surface area contributed by atoms with Crippen LogP contribution in [0.1, 0.15) is 12.5 Å². The second-order valence-electron chi connectivity index (χ2n) is 3.40. The van der Waals surface area contributed by atoms with Crippen LogP contribution in [0.5, 0.6) is 0 Å². The first-order valence-electron chi connectivity index (χ1n) is 5.08. The highest BCUT2D eigenvalue weighted by molar-refractivity contribution is 5.39. The molecule has 0 aliphatic carbocycles. The summed E-state index contributed by atoms with van der Waals surface area (Å²) in [6.07, 6.45) is 2.94. The zero-order chi connectivity index (χ0) is 10.4. The van der Waals surface area contributed by atoms with Crippen molar-refractivity contribution in [3.8, 4) is 0 Å². The Bertz CT molecular complexity index is 273. The van der Waals surface area contributed by atoms with Gasteiger partial charge >= 0.3 is 0 Å². The fourth-order valence-corrected chi connectivity index (χ4v) is 1.28. The van der Waals surface area contributed by atoms with E-state index < -0.39 is 0 Å². The molecule has 1 aromatic heterocycles. The van der Waals surface area contributed by atoms with Crippen molar-refractivity contribution in [2.75, 3.05) is 32.1 Å². The van der Waals surface area contributed by atoms with Gasteiger partial charge in [0.1, 0.15) is 5.82 Å². The predicted octanol–water partition coefficient (Wildman–Crippen LogP) is 1.30. The molecule has 0 aromatic carbocycles. The maximum Gasteiger partial charge on any atom is 0.128 e. The van der Waals surface area contributed by atoms with Gasteiger partial charge in [-0.05, 0) is 31.2 Å². The molecule has 78 valence electrons. The Kier molecular flexibility index (Phi) is 4.40. The van der Waals surface area contributed by atoms with Crippen LogP contribution in [-0.2, 0) is 6.42 Å². The van der Waals surface area contributed by atoms with Gasteiger partial charge in [0.25, 0.3) is 0 Å². The summed E-state index contributed by atoms with van der Waals surface area (Å²) in [5.74, 6) is 1.06. The number of hydrogen-bond acceptors (Lipinski definition) is 3. The molecule has 0 spiro atoms. The Morgan fingerprint density at radius 2 is 2.29 bits per heavy atom. The van der Waals surface area contributed by atoms with Crippen LogP contribution in [0.2, 0.25) is 0 Å². The molecule has 0 bridgehead atoms. The summed E-state index contributed by atoms with van der Waals surface area (Å²) in [6, 6.07) is 4.21. The summed E-state index contributed by atoms with van der Waals surface area (Å²) in [5.41, 5.74) is 1.34. The van der Waals surface area contributed by atoms with E-state index in [1.165, 1.54) is 5.56 Å². The van der Waals surface area contributed by atoms with Crippen LogP contribution in [0.4, 0.5) is 5.82 Å². The summed E-state index contributed by atoms with van der Waals surface area (Å²) < 4.78 is 0. The summed E-state index contributed by atoms with van der Waals surface area (Å²) in [5, 5.41) is 3.13. The number of nitrogens with one attached hydrogen (secondary N) is 1. The standard InChI is InChI=1S/C11H19N3/c1-4-10-5-6-13-11(9-10)14(3)8-7-12-2/h5-6,9,12H,4,7-8H2,1-3H3. The molecule has 0 radical (unpaired) electrons. The van der Waals surface area contributed by atoms with Gasteiger partial charge in [0.05, 0.1) is 0 Å². The van der Waals surface area contributed by atoms with Crippen LogP contribution in [0.25, 0.3) is 0 Å². The highest BCUT2D eigenvalue weighted by Gasteiger charge is 2.01. The fourth-order valence-electron chi connectivity index (χ4n) is 1.28. The molecule has 0 unspecified atom stereocenters. The van der Waals surface area contributed by atoms with E-state index in [-0.39, 0.29) is 0 Å². The van der Waals surface area contributed by atoms with Crippen molar-refractivity contribution in [1.29, 1.82) is 0 Å². The molecule has 1 rings (SSSR count). The summed E-state index contributed by atoms with van der Waals surface area (Å²) in [4.78, 5) is 6.50. The van der Waals surface area contributed by atoms with E-state index in [1.54, 1.807) is 0 Å². The van der Waals surface area contributed by atoms with E-state index in [1.807, 2.05) is 13.2 Å².